The van der Waals surface area contributed by atoms with Crippen LogP contribution in [0.15, 0.2) is 24.3 Å². The number of fused-ring (bicyclic) bond motifs is 1. The molecule has 1 unspecified atom stereocenters. The first-order chi connectivity index (χ1) is 7.43. The third-order valence-corrected chi connectivity index (χ3v) is 2.46. The zero-order valence-corrected chi connectivity index (χ0v) is 8.09. The molecule has 0 aromatic heterocycles. The smallest absolute Gasteiger partial charge is 0.522 e. The molecule has 0 amide bonds. The van der Waals surface area contributed by atoms with Crippen LogP contribution in [0, 0.1) is 0 Å². The van der Waals surface area contributed by atoms with Crippen LogP contribution in [-0.4, -0.2) is 27.4 Å². The van der Waals surface area contributed by atoms with E-state index in [2.05, 4.69) is 0 Å². The van der Waals surface area contributed by atoms with Gasteiger partial charge in [0.15, 0.2) is 0 Å². The number of benzene rings is 1. The molecule has 1 saturated heterocycles. The second kappa shape index (κ2) is 3.79. The number of hydrogen-bond acceptors (Lipinski definition) is 4. The summed E-state index contributed by atoms with van der Waals surface area (Å²) >= 11 is 0. The van der Waals surface area contributed by atoms with Crippen LogP contribution in [0.4, 0.5) is 0 Å². The molecule has 1 aromatic rings. The molecule has 1 atom stereocenters. The van der Waals surface area contributed by atoms with Crippen LogP contribution in [-0.2, 0) is 9.31 Å². The van der Waals surface area contributed by atoms with Gasteiger partial charge in [0.2, 0.25) is 0 Å². The second-order valence-electron chi connectivity index (χ2n) is 3.48. The van der Waals surface area contributed by atoms with Crippen molar-refractivity contribution < 1.29 is 18.6 Å². The zero-order chi connectivity index (χ0) is 10.1. The minimum absolute atomic E-state index is 0.0915. The topological polar surface area (TPSA) is 36.9 Å². The molecule has 0 spiro atoms. The summed E-state index contributed by atoms with van der Waals surface area (Å²) < 4.78 is 21.5. The molecule has 2 aliphatic rings. The molecule has 15 heavy (non-hydrogen) atoms. The molecule has 75 valence electrons. The van der Waals surface area contributed by atoms with Gasteiger partial charge in [-0.1, -0.05) is 12.1 Å². The molecule has 1 aromatic carbocycles. The Morgan fingerprint density at radius 3 is 2.53 bits per heavy atom. The Bertz CT molecular complexity index is 329. The predicted octanol–water partition coefficient (Wildman–Crippen LogP) is 0.825. The van der Waals surface area contributed by atoms with Gasteiger partial charge in [-0.25, -0.2) is 0 Å². The van der Waals surface area contributed by atoms with Crippen molar-refractivity contribution in [1.29, 1.82) is 0 Å². The summed E-state index contributed by atoms with van der Waals surface area (Å²) in [5.74, 6) is 1.55. The highest BCUT2D eigenvalue weighted by Gasteiger charge is 2.41. The standard InChI is InChI=1S/C9H9B2O4/c1-2-4-8-7(3-1)14-11(15-8)9-5-6-12-10-13-9/h1-4,9H,5-6H2. The van der Waals surface area contributed by atoms with Crippen LogP contribution in [0.1, 0.15) is 6.42 Å². The second-order valence-corrected chi connectivity index (χ2v) is 3.48. The van der Waals surface area contributed by atoms with Gasteiger partial charge in [0.05, 0.1) is 0 Å². The van der Waals surface area contributed by atoms with Gasteiger partial charge in [-0.05, 0) is 18.6 Å². The molecule has 0 aliphatic carbocycles. The summed E-state index contributed by atoms with van der Waals surface area (Å²) in [4.78, 5) is 0. The van der Waals surface area contributed by atoms with E-state index in [0.717, 1.165) is 17.9 Å². The van der Waals surface area contributed by atoms with Crippen molar-refractivity contribution in [2.45, 2.75) is 12.4 Å². The fourth-order valence-electron chi connectivity index (χ4n) is 1.68. The fourth-order valence-corrected chi connectivity index (χ4v) is 1.68. The highest BCUT2D eigenvalue weighted by atomic mass is 16.7. The molecule has 2 heterocycles. The number of rotatable bonds is 1. The maximum atomic E-state index is 5.62. The SMILES string of the molecule is [B]1OCCC(B2Oc3ccccc3O2)O1. The van der Waals surface area contributed by atoms with E-state index in [1.54, 1.807) is 0 Å². The highest BCUT2D eigenvalue weighted by Crippen LogP contribution is 2.34. The van der Waals surface area contributed by atoms with Gasteiger partial charge in [0.1, 0.15) is 17.5 Å². The van der Waals surface area contributed by atoms with Crippen molar-refractivity contribution in [3.63, 3.8) is 0 Å². The van der Waals surface area contributed by atoms with Crippen molar-refractivity contribution in [3.8, 4) is 11.5 Å². The van der Waals surface area contributed by atoms with Gasteiger partial charge in [-0.3, -0.25) is 0 Å². The summed E-state index contributed by atoms with van der Waals surface area (Å²) in [7, 11) is 0.992. The Hall–Kier alpha value is -1.13. The van der Waals surface area contributed by atoms with Crippen LogP contribution >= 0.6 is 0 Å². The lowest BCUT2D eigenvalue weighted by atomic mass is 9.78. The fraction of sp³-hybridized carbons (Fsp3) is 0.333. The minimum atomic E-state index is -0.359. The van der Waals surface area contributed by atoms with Crippen LogP contribution in [0.2, 0.25) is 0 Å². The molecule has 2 aliphatic heterocycles. The molecule has 1 radical (unpaired) electrons. The Morgan fingerprint density at radius 2 is 1.93 bits per heavy atom. The minimum Gasteiger partial charge on any atom is -0.522 e. The maximum Gasteiger partial charge on any atom is 0.624 e. The first-order valence-electron chi connectivity index (χ1n) is 4.94. The van der Waals surface area contributed by atoms with Crippen molar-refractivity contribution in [1.82, 2.24) is 0 Å². The van der Waals surface area contributed by atoms with E-state index in [0.29, 0.717) is 6.61 Å². The van der Waals surface area contributed by atoms with E-state index < -0.39 is 0 Å². The van der Waals surface area contributed by atoms with Crippen LogP contribution in [0.3, 0.4) is 0 Å². The van der Waals surface area contributed by atoms with Gasteiger partial charge in [-0.2, -0.15) is 0 Å². The third kappa shape index (κ3) is 1.70. The first kappa shape index (κ1) is 9.12. The normalized spacial score (nSPS) is 23.7. The van der Waals surface area contributed by atoms with Gasteiger partial charge < -0.3 is 18.6 Å². The van der Waals surface area contributed by atoms with Gasteiger partial charge >= 0.3 is 14.8 Å². The lowest BCUT2D eigenvalue weighted by molar-refractivity contribution is 0.114. The maximum absolute atomic E-state index is 5.62. The van der Waals surface area contributed by atoms with Crippen LogP contribution in [0.5, 0.6) is 11.5 Å². The Morgan fingerprint density at radius 1 is 1.20 bits per heavy atom. The Labute approximate surface area is 88.9 Å². The van der Waals surface area contributed by atoms with Gasteiger partial charge in [0, 0.05) is 6.61 Å². The molecule has 4 nitrogen and oxygen atoms in total. The van der Waals surface area contributed by atoms with E-state index in [1.807, 2.05) is 24.3 Å². The van der Waals surface area contributed by atoms with Crippen LogP contribution in [0.25, 0.3) is 0 Å². The number of para-hydroxylation sites is 2. The van der Waals surface area contributed by atoms with Crippen molar-refractivity contribution in [3.05, 3.63) is 24.3 Å². The zero-order valence-electron chi connectivity index (χ0n) is 8.09. The monoisotopic (exact) mass is 203 g/mol. The lowest BCUT2D eigenvalue weighted by Crippen LogP contribution is -2.45. The molecular formula is C9H9B2O4. The summed E-state index contributed by atoms with van der Waals surface area (Å²) in [5.41, 5.74) is 0. The molecule has 6 heteroatoms. The average molecular weight is 203 g/mol. The van der Waals surface area contributed by atoms with Crippen molar-refractivity contribution >= 4 is 14.8 Å². The highest BCUT2D eigenvalue weighted by molar-refractivity contribution is 6.50. The Kier molecular flexibility index (Phi) is 2.31. The van der Waals surface area contributed by atoms with E-state index >= 15 is 0 Å². The van der Waals surface area contributed by atoms with E-state index in [-0.39, 0.29) is 13.1 Å². The van der Waals surface area contributed by atoms with E-state index in [9.17, 15) is 0 Å². The summed E-state index contributed by atoms with van der Waals surface area (Å²) in [6.07, 6.45) is 0.773. The largest absolute Gasteiger partial charge is 0.624 e. The number of hydrogen-bond donors (Lipinski definition) is 0. The molecule has 0 N–H and O–H groups in total. The van der Waals surface area contributed by atoms with Crippen LogP contribution < -0.4 is 9.31 Å². The predicted molar refractivity (Wildman–Crippen MR) is 54.6 cm³/mol. The molecular weight excluding hydrogens is 194 g/mol. The quantitative estimate of drug-likeness (QED) is 0.633. The summed E-state index contributed by atoms with van der Waals surface area (Å²) in [6, 6.07) is 7.52. The molecule has 0 saturated carbocycles. The molecule has 3 rings (SSSR count). The molecule has 1 fully saturated rings. The summed E-state index contributed by atoms with van der Waals surface area (Å²) in [5, 5.41) is 0. The van der Waals surface area contributed by atoms with E-state index in [4.69, 9.17) is 18.6 Å². The average Bonchev–Trinajstić information content (AvgIpc) is 2.74. The lowest BCUT2D eigenvalue weighted by Gasteiger charge is -2.22. The Balaban J connectivity index is 1.72. The van der Waals surface area contributed by atoms with E-state index in [1.165, 1.54) is 7.69 Å². The van der Waals surface area contributed by atoms with Gasteiger partial charge in [-0.15, -0.1) is 0 Å². The first-order valence-corrected chi connectivity index (χ1v) is 4.94. The van der Waals surface area contributed by atoms with Crippen molar-refractivity contribution in [2.75, 3.05) is 6.61 Å². The van der Waals surface area contributed by atoms with Gasteiger partial charge in [0.25, 0.3) is 0 Å². The molecule has 0 bridgehead atoms. The third-order valence-electron chi connectivity index (χ3n) is 2.46. The van der Waals surface area contributed by atoms with Crippen molar-refractivity contribution in [2.24, 2.45) is 0 Å². The summed E-state index contributed by atoms with van der Waals surface area (Å²) in [6.45, 7) is 0.643.